The van der Waals surface area contributed by atoms with E-state index in [-0.39, 0.29) is 17.8 Å². The molecule has 0 radical (unpaired) electrons. The van der Waals surface area contributed by atoms with Crippen molar-refractivity contribution >= 4 is 5.78 Å². The Balaban J connectivity index is 1.49. The summed E-state index contributed by atoms with van der Waals surface area (Å²) in [4.78, 5) is 14.3. The van der Waals surface area contributed by atoms with Crippen LogP contribution in [-0.4, -0.2) is 30.3 Å². The van der Waals surface area contributed by atoms with E-state index in [1.807, 2.05) is 18.2 Å². The van der Waals surface area contributed by atoms with E-state index in [4.69, 9.17) is 0 Å². The number of benzene rings is 2. The number of hydrogen-bond acceptors (Lipinski definition) is 2. The molecule has 1 heterocycles. The van der Waals surface area contributed by atoms with E-state index in [1.165, 1.54) is 17.2 Å². The first-order valence-electron chi connectivity index (χ1n) is 8.54. The van der Waals surface area contributed by atoms with Crippen molar-refractivity contribution in [2.45, 2.75) is 19.3 Å². The van der Waals surface area contributed by atoms with Crippen LogP contribution < -0.4 is 0 Å². The van der Waals surface area contributed by atoms with Gasteiger partial charge >= 0.3 is 0 Å². The molecular formula is C21H21F2NO. The first-order valence-corrected chi connectivity index (χ1v) is 8.54. The fourth-order valence-electron chi connectivity index (χ4n) is 3.08. The van der Waals surface area contributed by atoms with Crippen molar-refractivity contribution in [3.63, 3.8) is 0 Å². The Morgan fingerprint density at radius 2 is 1.88 bits per heavy atom. The molecule has 0 bridgehead atoms. The molecule has 0 saturated heterocycles. The van der Waals surface area contributed by atoms with Gasteiger partial charge in [-0.3, -0.25) is 9.69 Å². The van der Waals surface area contributed by atoms with Crippen LogP contribution in [0.25, 0.3) is 0 Å². The van der Waals surface area contributed by atoms with E-state index in [1.54, 1.807) is 0 Å². The van der Waals surface area contributed by atoms with Crippen LogP contribution in [-0.2, 0) is 6.42 Å². The van der Waals surface area contributed by atoms with Gasteiger partial charge in [0.05, 0.1) is 5.56 Å². The van der Waals surface area contributed by atoms with Crippen molar-refractivity contribution in [3.05, 3.63) is 82.9 Å². The highest BCUT2D eigenvalue weighted by molar-refractivity contribution is 5.96. The molecule has 0 amide bonds. The van der Waals surface area contributed by atoms with Crippen LogP contribution in [0.3, 0.4) is 0 Å². The minimum atomic E-state index is -0.784. The van der Waals surface area contributed by atoms with E-state index >= 15 is 0 Å². The smallest absolute Gasteiger partial charge is 0.167 e. The average molecular weight is 341 g/mol. The lowest BCUT2D eigenvalue weighted by atomic mass is 9.99. The fourth-order valence-corrected chi connectivity index (χ4v) is 3.08. The number of hydrogen-bond donors (Lipinski definition) is 0. The molecule has 0 saturated carbocycles. The lowest BCUT2D eigenvalue weighted by molar-refractivity contribution is 0.0962. The standard InChI is InChI=1S/C21H21F2NO/c22-18-6-7-19(20(23)15-18)21(25)10-13-24-11-8-17(9-12-24)14-16-4-2-1-3-5-16/h1-8,15H,9-14H2. The van der Waals surface area contributed by atoms with Crippen molar-refractivity contribution in [3.8, 4) is 0 Å². The number of rotatable bonds is 6. The number of Topliss-reactive ketones (excluding diaryl/α,β-unsaturated/α-hetero) is 1. The molecule has 0 N–H and O–H groups in total. The number of nitrogens with zero attached hydrogens (tertiary/aromatic N) is 1. The molecule has 0 unspecified atom stereocenters. The number of carbonyl (C=O) groups excluding carboxylic acids is 1. The SMILES string of the molecule is O=C(CCN1CC=C(Cc2ccccc2)CC1)c1ccc(F)cc1F. The van der Waals surface area contributed by atoms with Gasteiger partial charge in [-0.15, -0.1) is 0 Å². The van der Waals surface area contributed by atoms with Crippen molar-refractivity contribution < 1.29 is 13.6 Å². The molecule has 2 nitrogen and oxygen atoms in total. The zero-order valence-electron chi connectivity index (χ0n) is 14.1. The largest absolute Gasteiger partial charge is 0.299 e. The molecule has 25 heavy (non-hydrogen) atoms. The highest BCUT2D eigenvalue weighted by Crippen LogP contribution is 2.17. The highest BCUT2D eigenvalue weighted by Gasteiger charge is 2.16. The number of carbonyl (C=O) groups is 1. The molecule has 2 aromatic rings. The topological polar surface area (TPSA) is 20.3 Å². The normalized spacial score (nSPS) is 15.0. The Labute approximate surface area is 146 Å². The summed E-state index contributed by atoms with van der Waals surface area (Å²) in [5.74, 6) is -1.73. The van der Waals surface area contributed by atoms with Gasteiger partial charge in [-0.1, -0.05) is 42.0 Å². The van der Waals surface area contributed by atoms with Gasteiger partial charge in [0.25, 0.3) is 0 Å². The molecule has 130 valence electrons. The summed E-state index contributed by atoms with van der Waals surface area (Å²) in [5, 5.41) is 0. The summed E-state index contributed by atoms with van der Waals surface area (Å²) in [7, 11) is 0. The first kappa shape index (κ1) is 17.5. The quantitative estimate of drug-likeness (QED) is 0.573. The summed E-state index contributed by atoms with van der Waals surface area (Å²) in [6.45, 7) is 2.30. The number of ketones is 1. The average Bonchev–Trinajstić information content (AvgIpc) is 2.62. The molecule has 0 aliphatic carbocycles. The van der Waals surface area contributed by atoms with Crippen molar-refractivity contribution in [2.75, 3.05) is 19.6 Å². The van der Waals surface area contributed by atoms with Gasteiger partial charge in [-0.05, 0) is 30.5 Å². The van der Waals surface area contributed by atoms with Crippen molar-refractivity contribution in [1.82, 2.24) is 4.90 Å². The Kier molecular flexibility index (Phi) is 5.71. The summed E-state index contributed by atoms with van der Waals surface area (Å²) in [5.41, 5.74) is 2.70. The Bertz CT molecular complexity index is 771. The van der Waals surface area contributed by atoms with Crippen molar-refractivity contribution in [2.24, 2.45) is 0 Å². The molecule has 3 rings (SSSR count). The highest BCUT2D eigenvalue weighted by atomic mass is 19.1. The van der Waals surface area contributed by atoms with E-state index in [9.17, 15) is 13.6 Å². The molecular weight excluding hydrogens is 320 g/mol. The third-order valence-electron chi connectivity index (χ3n) is 4.55. The van der Waals surface area contributed by atoms with Gasteiger partial charge in [0.15, 0.2) is 5.78 Å². The zero-order chi connectivity index (χ0) is 17.6. The Hall–Kier alpha value is -2.33. The summed E-state index contributed by atoms with van der Waals surface area (Å²) >= 11 is 0. The second kappa shape index (κ2) is 8.17. The third-order valence-corrected chi connectivity index (χ3v) is 4.55. The second-order valence-electron chi connectivity index (χ2n) is 6.37. The lowest BCUT2D eigenvalue weighted by Crippen LogP contribution is -2.31. The lowest BCUT2D eigenvalue weighted by Gasteiger charge is -2.26. The van der Waals surface area contributed by atoms with Gasteiger partial charge in [0.1, 0.15) is 11.6 Å². The third kappa shape index (κ3) is 4.83. The Morgan fingerprint density at radius 3 is 2.56 bits per heavy atom. The van der Waals surface area contributed by atoms with Crippen LogP contribution in [0.15, 0.2) is 60.2 Å². The number of halogens is 2. The Morgan fingerprint density at radius 1 is 1.08 bits per heavy atom. The predicted molar refractivity (Wildman–Crippen MR) is 94.6 cm³/mol. The molecule has 0 fully saturated rings. The minimum absolute atomic E-state index is 0.0290. The van der Waals surface area contributed by atoms with Gasteiger partial charge in [-0.25, -0.2) is 8.78 Å². The van der Waals surface area contributed by atoms with Crippen LogP contribution in [0.1, 0.15) is 28.8 Å². The maximum atomic E-state index is 13.6. The maximum Gasteiger partial charge on any atom is 0.167 e. The monoisotopic (exact) mass is 341 g/mol. The molecule has 4 heteroatoms. The molecule has 1 aliphatic rings. The fraction of sp³-hybridized carbons (Fsp3) is 0.286. The van der Waals surface area contributed by atoms with Gasteiger partial charge in [-0.2, -0.15) is 0 Å². The predicted octanol–water partition coefficient (Wildman–Crippen LogP) is 4.41. The second-order valence-corrected chi connectivity index (χ2v) is 6.37. The summed E-state index contributed by atoms with van der Waals surface area (Å²) in [6.07, 6.45) is 4.41. The van der Waals surface area contributed by atoms with Crippen LogP contribution in [0.5, 0.6) is 0 Å². The molecule has 0 aromatic heterocycles. The summed E-state index contributed by atoms with van der Waals surface area (Å²) in [6, 6.07) is 13.5. The molecule has 0 spiro atoms. The van der Waals surface area contributed by atoms with Gasteiger partial charge < -0.3 is 0 Å². The molecule has 0 atom stereocenters. The van der Waals surface area contributed by atoms with Crippen LogP contribution in [0.2, 0.25) is 0 Å². The first-order chi connectivity index (χ1) is 12.1. The van der Waals surface area contributed by atoms with Crippen molar-refractivity contribution in [1.29, 1.82) is 0 Å². The van der Waals surface area contributed by atoms with Crippen LogP contribution in [0.4, 0.5) is 8.78 Å². The summed E-state index contributed by atoms with van der Waals surface area (Å²) < 4.78 is 26.6. The maximum absolute atomic E-state index is 13.6. The minimum Gasteiger partial charge on any atom is -0.299 e. The van der Waals surface area contributed by atoms with Gasteiger partial charge in [0.2, 0.25) is 0 Å². The van der Waals surface area contributed by atoms with Crippen LogP contribution in [0, 0.1) is 11.6 Å². The van der Waals surface area contributed by atoms with Gasteiger partial charge in [0, 0.05) is 32.1 Å². The zero-order valence-corrected chi connectivity index (χ0v) is 14.1. The van der Waals surface area contributed by atoms with E-state index in [0.29, 0.717) is 6.54 Å². The molecule has 1 aliphatic heterocycles. The van der Waals surface area contributed by atoms with E-state index in [2.05, 4.69) is 23.1 Å². The van der Waals surface area contributed by atoms with E-state index < -0.39 is 11.6 Å². The van der Waals surface area contributed by atoms with Crippen LogP contribution >= 0.6 is 0 Å². The van der Waals surface area contributed by atoms with E-state index in [0.717, 1.165) is 38.1 Å². The molecule has 2 aromatic carbocycles.